The zero-order valence-electron chi connectivity index (χ0n) is 18.3. The van der Waals surface area contributed by atoms with Gasteiger partial charge in [-0.05, 0) is 48.9 Å². The lowest BCUT2D eigenvalue weighted by Crippen LogP contribution is -2.18. The molecule has 0 saturated carbocycles. The molecular formula is C21H16Cl2F3N3O5S2. The van der Waals surface area contributed by atoms with E-state index in [9.17, 15) is 34.8 Å². The summed E-state index contributed by atoms with van der Waals surface area (Å²) in [6, 6.07) is 7.15. The van der Waals surface area contributed by atoms with Gasteiger partial charge in [0.05, 0.1) is 32.4 Å². The minimum absolute atomic E-state index is 0.000629. The van der Waals surface area contributed by atoms with E-state index in [1.807, 2.05) is 4.72 Å². The number of hydrogen-bond donors (Lipinski definition) is 2. The van der Waals surface area contributed by atoms with Crippen LogP contribution in [0.25, 0.3) is 0 Å². The largest absolute Gasteiger partial charge is 0.416 e. The number of carbonyl (C=O) groups is 1. The van der Waals surface area contributed by atoms with Crippen LogP contribution < -0.4 is 9.44 Å². The lowest BCUT2D eigenvalue weighted by molar-refractivity contribution is -0.138. The Bertz CT molecular complexity index is 1580. The van der Waals surface area contributed by atoms with E-state index in [2.05, 4.69) is 9.71 Å². The van der Waals surface area contributed by atoms with Crippen molar-refractivity contribution in [2.75, 3.05) is 15.7 Å². The van der Waals surface area contributed by atoms with E-state index in [1.165, 1.54) is 19.1 Å². The van der Waals surface area contributed by atoms with Gasteiger partial charge in [0.15, 0.2) is 0 Å². The molecule has 0 spiro atoms. The van der Waals surface area contributed by atoms with Crippen LogP contribution in [-0.2, 0) is 26.2 Å². The highest BCUT2D eigenvalue weighted by Gasteiger charge is 2.34. The molecule has 0 unspecified atom stereocenters. The predicted molar refractivity (Wildman–Crippen MR) is 130 cm³/mol. The summed E-state index contributed by atoms with van der Waals surface area (Å²) in [4.78, 5) is 16.4. The Kier molecular flexibility index (Phi) is 7.61. The standard InChI is InChI=1S/C21H16Cl2F3N3O5S2/c1-11-3-5-14(9-16(11)21(24,25)26)36(33,34)29-18-7-12(22)10-27-19(18)20(30)15-8-13(4-6-17(15)23)28-35(2,31)32/h3-10,28-29H,1-2H3. The number of hydrogen-bond acceptors (Lipinski definition) is 6. The van der Waals surface area contributed by atoms with Crippen molar-refractivity contribution >= 4 is 60.4 Å². The first-order chi connectivity index (χ1) is 16.5. The van der Waals surface area contributed by atoms with Crippen LogP contribution in [0, 0.1) is 6.92 Å². The number of carbonyl (C=O) groups excluding carboxylic acids is 1. The second-order valence-corrected chi connectivity index (χ2v) is 11.8. The molecule has 2 N–H and O–H groups in total. The average molecular weight is 582 g/mol. The van der Waals surface area contributed by atoms with Crippen LogP contribution in [0.5, 0.6) is 0 Å². The van der Waals surface area contributed by atoms with Crippen LogP contribution in [0.4, 0.5) is 24.5 Å². The molecule has 0 bridgehead atoms. The fraction of sp³-hybridized carbons (Fsp3) is 0.143. The first kappa shape index (κ1) is 27.7. The van der Waals surface area contributed by atoms with Crippen molar-refractivity contribution in [3.05, 3.63) is 81.1 Å². The number of anilines is 2. The highest BCUT2D eigenvalue weighted by Crippen LogP contribution is 2.34. The SMILES string of the molecule is Cc1ccc(S(=O)(=O)Nc2cc(Cl)cnc2C(=O)c2cc(NS(C)(=O)=O)ccc2Cl)cc1C(F)(F)F. The molecule has 0 aliphatic heterocycles. The Hall–Kier alpha value is -2.87. The van der Waals surface area contributed by atoms with E-state index in [0.29, 0.717) is 6.07 Å². The molecule has 0 saturated heterocycles. The summed E-state index contributed by atoms with van der Waals surface area (Å²) in [6.45, 7) is 1.18. The molecule has 192 valence electrons. The van der Waals surface area contributed by atoms with Crippen molar-refractivity contribution in [2.24, 2.45) is 0 Å². The van der Waals surface area contributed by atoms with E-state index in [-0.39, 0.29) is 26.9 Å². The maximum Gasteiger partial charge on any atom is 0.416 e. The van der Waals surface area contributed by atoms with Crippen molar-refractivity contribution in [3.63, 3.8) is 0 Å². The van der Waals surface area contributed by atoms with Gasteiger partial charge in [-0.15, -0.1) is 0 Å². The molecule has 3 rings (SSSR count). The molecule has 1 heterocycles. The number of halogens is 5. The van der Waals surface area contributed by atoms with Crippen LogP contribution in [0.1, 0.15) is 27.2 Å². The highest BCUT2D eigenvalue weighted by molar-refractivity contribution is 7.92. The molecule has 8 nitrogen and oxygen atoms in total. The highest BCUT2D eigenvalue weighted by atomic mass is 35.5. The van der Waals surface area contributed by atoms with Gasteiger partial charge in [0, 0.05) is 17.4 Å². The Balaban J connectivity index is 2.07. The average Bonchev–Trinajstić information content (AvgIpc) is 2.73. The molecule has 3 aromatic rings. The fourth-order valence-corrected chi connectivity index (χ4v) is 5.08. The maximum atomic E-state index is 13.3. The second kappa shape index (κ2) is 9.88. The summed E-state index contributed by atoms with van der Waals surface area (Å²) in [7, 11) is -8.33. The van der Waals surface area contributed by atoms with Gasteiger partial charge in [0.1, 0.15) is 5.69 Å². The van der Waals surface area contributed by atoms with Crippen LogP contribution in [0.2, 0.25) is 10.0 Å². The van der Waals surface area contributed by atoms with E-state index < -0.39 is 53.8 Å². The fourth-order valence-electron chi connectivity index (χ4n) is 3.08. The van der Waals surface area contributed by atoms with Crippen molar-refractivity contribution in [3.8, 4) is 0 Å². The molecule has 2 aromatic carbocycles. The van der Waals surface area contributed by atoms with Gasteiger partial charge in [0.2, 0.25) is 15.8 Å². The molecular weight excluding hydrogens is 566 g/mol. The van der Waals surface area contributed by atoms with Gasteiger partial charge < -0.3 is 0 Å². The topological polar surface area (TPSA) is 122 Å². The number of nitrogens with zero attached hydrogens (tertiary/aromatic N) is 1. The maximum absolute atomic E-state index is 13.3. The zero-order valence-corrected chi connectivity index (χ0v) is 21.5. The Morgan fingerprint density at radius 1 is 0.972 bits per heavy atom. The van der Waals surface area contributed by atoms with Gasteiger partial charge in [0.25, 0.3) is 10.0 Å². The Morgan fingerprint density at radius 3 is 2.25 bits per heavy atom. The van der Waals surface area contributed by atoms with Crippen molar-refractivity contribution < 1.29 is 34.8 Å². The molecule has 15 heteroatoms. The smallest absolute Gasteiger partial charge is 0.287 e. The first-order valence-electron chi connectivity index (χ1n) is 9.66. The summed E-state index contributed by atoms with van der Waals surface area (Å²) in [5.41, 5.74) is -2.47. The van der Waals surface area contributed by atoms with E-state index in [1.54, 1.807) is 0 Å². The summed E-state index contributed by atoms with van der Waals surface area (Å²) in [5, 5.41) is -0.180. The number of alkyl halides is 3. The van der Waals surface area contributed by atoms with Crippen LogP contribution in [-0.4, -0.2) is 33.9 Å². The van der Waals surface area contributed by atoms with Crippen LogP contribution in [0.15, 0.2) is 53.6 Å². The van der Waals surface area contributed by atoms with Crippen molar-refractivity contribution in [2.45, 2.75) is 18.0 Å². The van der Waals surface area contributed by atoms with Gasteiger partial charge >= 0.3 is 6.18 Å². The number of aryl methyl sites for hydroxylation is 1. The van der Waals surface area contributed by atoms with Gasteiger partial charge in [-0.2, -0.15) is 13.2 Å². The third-order valence-corrected chi connectivity index (χ3v) is 7.16. The molecule has 1 aromatic heterocycles. The normalized spacial score (nSPS) is 12.3. The predicted octanol–water partition coefficient (Wildman–Crippen LogP) is 5.12. The molecule has 0 radical (unpaired) electrons. The monoisotopic (exact) mass is 581 g/mol. The quantitative estimate of drug-likeness (QED) is 0.373. The lowest BCUT2D eigenvalue weighted by Gasteiger charge is -2.15. The molecule has 0 amide bonds. The zero-order chi connectivity index (χ0) is 27.1. The number of benzene rings is 2. The third kappa shape index (κ3) is 6.46. The summed E-state index contributed by atoms with van der Waals surface area (Å²) in [5.74, 6) is -0.911. The van der Waals surface area contributed by atoms with Gasteiger partial charge in [-0.3, -0.25) is 14.2 Å². The number of sulfonamides is 2. The molecule has 0 aliphatic carbocycles. The van der Waals surface area contributed by atoms with E-state index in [0.717, 1.165) is 36.7 Å². The number of ketones is 1. The third-order valence-electron chi connectivity index (χ3n) is 4.65. The second-order valence-electron chi connectivity index (χ2n) is 7.53. The van der Waals surface area contributed by atoms with Crippen LogP contribution in [0.3, 0.4) is 0 Å². The summed E-state index contributed by atoms with van der Waals surface area (Å²) >= 11 is 12.0. The number of rotatable bonds is 7. The minimum Gasteiger partial charge on any atom is -0.287 e. The van der Waals surface area contributed by atoms with E-state index >= 15 is 0 Å². The molecule has 36 heavy (non-hydrogen) atoms. The number of aromatic nitrogens is 1. The number of nitrogens with one attached hydrogen (secondary N) is 2. The summed E-state index contributed by atoms with van der Waals surface area (Å²) in [6.07, 6.45) is -2.85. The molecule has 0 fully saturated rings. The van der Waals surface area contributed by atoms with E-state index in [4.69, 9.17) is 23.2 Å². The Morgan fingerprint density at radius 2 is 1.64 bits per heavy atom. The molecule has 0 atom stereocenters. The lowest BCUT2D eigenvalue weighted by atomic mass is 10.1. The van der Waals surface area contributed by atoms with Crippen molar-refractivity contribution in [1.82, 2.24) is 4.98 Å². The van der Waals surface area contributed by atoms with Crippen LogP contribution >= 0.6 is 23.2 Å². The summed E-state index contributed by atoms with van der Waals surface area (Å²) < 4.78 is 93.0. The number of pyridine rings is 1. The minimum atomic E-state index is -4.80. The molecule has 0 aliphatic rings. The Labute approximate surface area is 214 Å². The van der Waals surface area contributed by atoms with Gasteiger partial charge in [-0.1, -0.05) is 29.3 Å². The first-order valence-corrected chi connectivity index (χ1v) is 13.8. The van der Waals surface area contributed by atoms with Gasteiger partial charge in [-0.25, -0.2) is 21.8 Å². The van der Waals surface area contributed by atoms with Crippen molar-refractivity contribution in [1.29, 1.82) is 0 Å².